The molecule has 0 spiro atoms. The fraction of sp³-hybridized carbons (Fsp3) is 0.667. The molecule has 2 heteroatoms. The first kappa shape index (κ1) is 4.74. The van der Waals surface area contributed by atoms with Crippen LogP contribution in [0.15, 0.2) is 11.6 Å². The van der Waals surface area contributed by atoms with Crippen molar-refractivity contribution in [3.05, 3.63) is 11.6 Å². The maximum Gasteiger partial charge on any atom is 0.0786 e. The van der Waals surface area contributed by atoms with Crippen LogP contribution in [0, 0.1) is 5.92 Å². The van der Waals surface area contributed by atoms with Gasteiger partial charge in [-0.2, -0.15) is 0 Å². The van der Waals surface area contributed by atoms with E-state index >= 15 is 0 Å². The van der Waals surface area contributed by atoms with E-state index in [2.05, 4.69) is 10.7 Å². The van der Waals surface area contributed by atoms with Gasteiger partial charge in [-0.25, -0.2) is 0 Å². The summed E-state index contributed by atoms with van der Waals surface area (Å²) in [4.78, 5) is 0. The lowest BCUT2D eigenvalue weighted by Gasteiger charge is -2.05. The van der Waals surface area contributed by atoms with E-state index in [-0.39, 0.29) is 0 Å². The molecular formula is C6H9NS. The normalized spacial score (nSPS) is 35.2. The highest BCUT2D eigenvalue weighted by Crippen LogP contribution is 2.39. The van der Waals surface area contributed by atoms with Crippen molar-refractivity contribution in [2.75, 3.05) is 0 Å². The molecule has 2 rings (SSSR count). The van der Waals surface area contributed by atoms with E-state index in [1.54, 1.807) is 0 Å². The summed E-state index contributed by atoms with van der Waals surface area (Å²) >= 11 is 1.92. The molecule has 0 aromatic rings. The molecule has 0 bridgehead atoms. The average Bonchev–Trinajstić information content (AvgIpc) is 2.49. The monoisotopic (exact) mass is 127 g/mol. The van der Waals surface area contributed by atoms with Gasteiger partial charge >= 0.3 is 0 Å². The van der Waals surface area contributed by atoms with Crippen LogP contribution in [0.3, 0.4) is 0 Å². The Kier molecular flexibility index (Phi) is 1.00. The number of hydrogen-bond donors (Lipinski definition) is 1. The van der Waals surface area contributed by atoms with Gasteiger partial charge < -0.3 is 5.32 Å². The van der Waals surface area contributed by atoms with E-state index in [0.717, 1.165) is 11.3 Å². The number of rotatable bonds is 1. The summed E-state index contributed by atoms with van der Waals surface area (Å²) in [6, 6.07) is 0. The zero-order valence-electron chi connectivity index (χ0n) is 4.63. The lowest BCUT2D eigenvalue weighted by molar-refractivity contribution is 0.703. The van der Waals surface area contributed by atoms with Crippen molar-refractivity contribution in [2.24, 2.45) is 5.92 Å². The highest BCUT2D eigenvalue weighted by molar-refractivity contribution is 8.02. The zero-order valence-corrected chi connectivity index (χ0v) is 5.45. The van der Waals surface area contributed by atoms with E-state index in [9.17, 15) is 0 Å². The molecule has 1 saturated carbocycles. The van der Waals surface area contributed by atoms with Crippen molar-refractivity contribution in [1.29, 1.82) is 0 Å². The molecule has 1 fully saturated rings. The van der Waals surface area contributed by atoms with Crippen LogP contribution >= 0.6 is 11.8 Å². The van der Waals surface area contributed by atoms with Gasteiger partial charge in [-0.3, -0.25) is 0 Å². The standard InChI is InChI=1S/C6H9NS/c1-2-5(1)6-7-3-4-8-6/h3-7H,1-2H2. The van der Waals surface area contributed by atoms with Crippen molar-refractivity contribution in [3.63, 3.8) is 0 Å². The van der Waals surface area contributed by atoms with Gasteiger partial charge in [-0.1, -0.05) is 0 Å². The first-order chi connectivity index (χ1) is 3.97. The summed E-state index contributed by atoms with van der Waals surface area (Å²) in [7, 11) is 0. The topological polar surface area (TPSA) is 12.0 Å². The summed E-state index contributed by atoms with van der Waals surface area (Å²) in [5.41, 5.74) is 0. The highest BCUT2D eigenvalue weighted by atomic mass is 32.2. The molecule has 1 N–H and O–H groups in total. The fourth-order valence-electron chi connectivity index (χ4n) is 0.944. The van der Waals surface area contributed by atoms with Crippen molar-refractivity contribution < 1.29 is 0 Å². The lowest BCUT2D eigenvalue weighted by atomic mass is 10.4. The molecule has 8 heavy (non-hydrogen) atoms. The Morgan fingerprint density at radius 1 is 1.50 bits per heavy atom. The van der Waals surface area contributed by atoms with Crippen molar-refractivity contribution in [1.82, 2.24) is 5.32 Å². The second kappa shape index (κ2) is 1.69. The van der Waals surface area contributed by atoms with Crippen LogP contribution in [0.2, 0.25) is 0 Å². The molecule has 1 atom stereocenters. The van der Waals surface area contributed by atoms with Gasteiger partial charge in [0.2, 0.25) is 0 Å². The molecule has 1 nitrogen and oxygen atoms in total. The first-order valence-corrected chi connectivity index (χ1v) is 3.97. The molecule has 44 valence electrons. The molecule has 0 radical (unpaired) electrons. The van der Waals surface area contributed by atoms with Crippen LogP contribution in [0.1, 0.15) is 12.8 Å². The lowest BCUT2D eigenvalue weighted by Crippen LogP contribution is -2.17. The van der Waals surface area contributed by atoms with Crippen LogP contribution in [-0.4, -0.2) is 5.37 Å². The molecule has 2 aliphatic rings. The van der Waals surface area contributed by atoms with Crippen LogP contribution in [0.25, 0.3) is 0 Å². The minimum absolute atomic E-state index is 0.731. The predicted molar refractivity (Wildman–Crippen MR) is 36.4 cm³/mol. The minimum atomic E-state index is 0.731. The van der Waals surface area contributed by atoms with E-state index in [0.29, 0.717) is 0 Å². The second-order valence-electron chi connectivity index (χ2n) is 2.36. The summed E-state index contributed by atoms with van der Waals surface area (Å²) in [6.07, 6.45) is 4.92. The SMILES string of the molecule is C1=CSC(C2CC2)N1. The highest BCUT2D eigenvalue weighted by Gasteiger charge is 2.31. The van der Waals surface area contributed by atoms with E-state index < -0.39 is 0 Å². The third-order valence-corrected chi connectivity index (χ3v) is 2.71. The fourth-order valence-corrected chi connectivity index (χ4v) is 1.92. The van der Waals surface area contributed by atoms with Gasteiger partial charge in [0.05, 0.1) is 5.37 Å². The van der Waals surface area contributed by atoms with Gasteiger partial charge in [0.1, 0.15) is 0 Å². The largest absolute Gasteiger partial charge is 0.378 e. The van der Waals surface area contributed by atoms with Crippen LogP contribution < -0.4 is 5.32 Å². The van der Waals surface area contributed by atoms with Gasteiger partial charge in [0.25, 0.3) is 0 Å². The maximum atomic E-state index is 3.30. The van der Waals surface area contributed by atoms with Gasteiger partial charge in [-0.15, -0.1) is 11.8 Å². The van der Waals surface area contributed by atoms with Gasteiger partial charge in [0.15, 0.2) is 0 Å². The van der Waals surface area contributed by atoms with E-state index in [4.69, 9.17) is 0 Å². The molecule has 0 saturated heterocycles. The smallest absolute Gasteiger partial charge is 0.0786 e. The van der Waals surface area contributed by atoms with Gasteiger partial charge in [-0.05, 0) is 24.2 Å². The summed E-state index contributed by atoms with van der Waals surface area (Å²) in [5, 5.41) is 6.17. The van der Waals surface area contributed by atoms with Crippen LogP contribution in [0.4, 0.5) is 0 Å². The average molecular weight is 127 g/mol. The summed E-state index contributed by atoms with van der Waals surface area (Å²) < 4.78 is 0. The minimum Gasteiger partial charge on any atom is -0.378 e. The summed E-state index contributed by atoms with van der Waals surface area (Å²) in [5.74, 6) is 0.981. The van der Waals surface area contributed by atoms with Gasteiger partial charge in [0, 0.05) is 6.20 Å². The van der Waals surface area contributed by atoms with E-state index in [1.165, 1.54) is 12.8 Å². The predicted octanol–water partition coefficient (Wildman–Crippen LogP) is 1.53. The molecule has 1 heterocycles. The maximum absolute atomic E-state index is 3.30. The Morgan fingerprint density at radius 2 is 2.38 bits per heavy atom. The Balaban J connectivity index is 1.90. The molecule has 1 aliphatic carbocycles. The van der Waals surface area contributed by atoms with Crippen LogP contribution in [-0.2, 0) is 0 Å². The van der Waals surface area contributed by atoms with Crippen LogP contribution in [0.5, 0.6) is 0 Å². The van der Waals surface area contributed by atoms with Crippen molar-refractivity contribution in [2.45, 2.75) is 18.2 Å². The molecular weight excluding hydrogens is 118 g/mol. The molecule has 0 aromatic carbocycles. The molecule has 1 aliphatic heterocycles. The Bertz CT molecular complexity index is 110. The number of nitrogens with one attached hydrogen (secondary N) is 1. The molecule has 1 unspecified atom stereocenters. The quantitative estimate of drug-likeness (QED) is 0.573. The van der Waals surface area contributed by atoms with E-state index in [1.807, 2.05) is 18.0 Å². The van der Waals surface area contributed by atoms with Crippen molar-refractivity contribution >= 4 is 11.8 Å². The Hall–Kier alpha value is -0.110. The third-order valence-electron chi connectivity index (χ3n) is 1.60. The molecule has 0 aromatic heterocycles. The molecule has 0 amide bonds. The van der Waals surface area contributed by atoms with Crippen molar-refractivity contribution in [3.8, 4) is 0 Å². The second-order valence-corrected chi connectivity index (χ2v) is 3.42. The summed E-state index contributed by atoms with van der Waals surface area (Å²) in [6.45, 7) is 0. The number of hydrogen-bond acceptors (Lipinski definition) is 2. The third kappa shape index (κ3) is 0.730. The Morgan fingerprint density at radius 3 is 2.88 bits per heavy atom. The number of thioether (sulfide) groups is 1. The zero-order chi connectivity index (χ0) is 5.40. The first-order valence-electron chi connectivity index (χ1n) is 3.03. The Labute approximate surface area is 53.5 Å².